The van der Waals surface area contributed by atoms with E-state index < -0.39 is 0 Å². The lowest BCUT2D eigenvalue weighted by molar-refractivity contribution is 0.0305. The Bertz CT molecular complexity index is 734. The minimum absolute atomic E-state index is 0. The first-order chi connectivity index (χ1) is 12.1. The molecule has 1 fully saturated rings. The quantitative estimate of drug-likeness (QED) is 0.737. The van der Waals surface area contributed by atoms with Gasteiger partial charge in [-0.05, 0) is 29.8 Å². The molecule has 1 saturated heterocycles. The first kappa shape index (κ1) is 24.0. The van der Waals surface area contributed by atoms with Crippen molar-refractivity contribution in [2.75, 3.05) is 26.2 Å². The lowest BCUT2D eigenvalue weighted by Crippen LogP contribution is -2.36. The average Bonchev–Trinajstić information content (AvgIpc) is 2.88. The van der Waals surface area contributed by atoms with Crippen LogP contribution in [0.4, 0.5) is 0 Å². The van der Waals surface area contributed by atoms with E-state index in [1.165, 1.54) is 0 Å². The Morgan fingerprint density at radius 3 is 2.74 bits per heavy atom. The summed E-state index contributed by atoms with van der Waals surface area (Å²) in [5.74, 6) is -0.134. The maximum atomic E-state index is 12.2. The number of hydrogen-bond acceptors (Lipinski definition) is 4. The molecular weight excluding hydrogens is 432 g/mol. The van der Waals surface area contributed by atoms with Gasteiger partial charge in [0.15, 0.2) is 0 Å². The third kappa shape index (κ3) is 6.49. The van der Waals surface area contributed by atoms with E-state index in [0.717, 1.165) is 18.7 Å². The van der Waals surface area contributed by atoms with E-state index in [-0.39, 0.29) is 42.7 Å². The molecular formula is C18H21Cl4N3O2. The molecule has 2 aromatic rings. The van der Waals surface area contributed by atoms with Crippen molar-refractivity contribution in [3.8, 4) is 0 Å². The molecule has 2 atom stereocenters. The van der Waals surface area contributed by atoms with Crippen molar-refractivity contribution < 1.29 is 9.53 Å². The summed E-state index contributed by atoms with van der Waals surface area (Å²) in [6, 6.07) is 10.8. The summed E-state index contributed by atoms with van der Waals surface area (Å²) in [4.78, 5) is 16.3. The second-order valence-electron chi connectivity index (χ2n) is 5.85. The van der Waals surface area contributed by atoms with Gasteiger partial charge < -0.3 is 15.4 Å². The predicted molar refractivity (Wildman–Crippen MR) is 113 cm³/mol. The Balaban J connectivity index is 0.00000182. The molecule has 1 aromatic carbocycles. The van der Waals surface area contributed by atoms with E-state index in [9.17, 15) is 4.79 Å². The van der Waals surface area contributed by atoms with Crippen molar-refractivity contribution in [1.82, 2.24) is 15.6 Å². The number of pyridine rings is 1. The van der Waals surface area contributed by atoms with Crippen LogP contribution >= 0.6 is 48.0 Å². The molecule has 0 bridgehead atoms. The van der Waals surface area contributed by atoms with Crippen molar-refractivity contribution in [1.29, 1.82) is 0 Å². The second-order valence-corrected chi connectivity index (χ2v) is 6.67. The number of nitrogens with zero attached hydrogens (tertiary/aromatic N) is 1. The van der Waals surface area contributed by atoms with E-state index in [0.29, 0.717) is 28.9 Å². The van der Waals surface area contributed by atoms with Crippen molar-refractivity contribution in [2.24, 2.45) is 5.92 Å². The SMILES string of the molecule is Cl.Cl.O=C(NC[C@@H]1CNCCO[C@H]1c1ccc(Cl)c(Cl)c1)c1ccccn1. The second kappa shape index (κ2) is 11.7. The van der Waals surface area contributed by atoms with Crippen molar-refractivity contribution >= 4 is 53.9 Å². The Hall–Kier alpha value is -1.08. The summed E-state index contributed by atoms with van der Waals surface area (Å²) >= 11 is 12.2. The average molecular weight is 453 g/mol. The molecule has 1 aromatic heterocycles. The van der Waals surface area contributed by atoms with Crippen LogP contribution in [0.2, 0.25) is 10.0 Å². The van der Waals surface area contributed by atoms with Gasteiger partial charge in [0.05, 0.1) is 22.8 Å². The maximum absolute atomic E-state index is 12.2. The van der Waals surface area contributed by atoms with Crippen LogP contribution in [0.1, 0.15) is 22.2 Å². The van der Waals surface area contributed by atoms with E-state index in [4.69, 9.17) is 27.9 Å². The van der Waals surface area contributed by atoms with Gasteiger partial charge in [-0.3, -0.25) is 9.78 Å². The van der Waals surface area contributed by atoms with Gasteiger partial charge in [-0.15, -0.1) is 24.8 Å². The number of ether oxygens (including phenoxy) is 1. The summed E-state index contributed by atoms with van der Waals surface area (Å²) in [7, 11) is 0. The standard InChI is InChI=1S/C18H19Cl2N3O2.2ClH/c19-14-5-4-12(9-15(14)20)17-13(10-21-7-8-25-17)11-23-18(24)16-3-1-2-6-22-16;;/h1-6,9,13,17,21H,7-8,10-11H2,(H,23,24);2*1H/t13-,17-;;/m0../s1. The van der Waals surface area contributed by atoms with Crippen molar-refractivity contribution in [3.05, 3.63) is 63.9 Å². The summed E-state index contributed by atoms with van der Waals surface area (Å²) < 4.78 is 6.00. The number of halogens is 4. The van der Waals surface area contributed by atoms with Crippen LogP contribution in [0.15, 0.2) is 42.6 Å². The highest BCUT2D eigenvalue weighted by molar-refractivity contribution is 6.42. The van der Waals surface area contributed by atoms with Gasteiger partial charge in [0.1, 0.15) is 5.69 Å². The number of benzene rings is 1. The largest absolute Gasteiger partial charge is 0.372 e. The van der Waals surface area contributed by atoms with Gasteiger partial charge in [-0.2, -0.15) is 0 Å². The lowest BCUT2D eigenvalue weighted by atomic mass is 9.95. The molecule has 0 unspecified atom stereocenters. The molecule has 1 aliphatic heterocycles. The number of carbonyl (C=O) groups excluding carboxylic acids is 1. The minimum Gasteiger partial charge on any atom is -0.372 e. The first-order valence-electron chi connectivity index (χ1n) is 8.11. The van der Waals surface area contributed by atoms with Crippen LogP contribution in [-0.2, 0) is 4.74 Å². The Morgan fingerprint density at radius 1 is 1.22 bits per heavy atom. The van der Waals surface area contributed by atoms with Gasteiger partial charge in [-0.1, -0.05) is 35.3 Å². The molecule has 27 heavy (non-hydrogen) atoms. The molecule has 3 rings (SSSR count). The van der Waals surface area contributed by atoms with Gasteiger partial charge in [0, 0.05) is 31.7 Å². The van der Waals surface area contributed by atoms with Crippen LogP contribution in [-0.4, -0.2) is 37.1 Å². The van der Waals surface area contributed by atoms with Crippen LogP contribution in [0.3, 0.4) is 0 Å². The fourth-order valence-electron chi connectivity index (χ4n) is 2.84. The molecule has 2 N–H and O–H groups in total. The van der Waals surface area contributed by atoms with Gasteiger partial charge >= 0.3 is 0 Å². The van der Waals surface area contributed by atoms with Crippen LogP contribution in [0, 0.1) is 5.92 Å². The van der Waals surface area contributed by atoms with Crippen LogP contribution in [0.25, 0.3) is 0 Å². The van der Waals surface area contributed by atoms with Gasteiger partial charge in [0.25, 0.3) is 5.91 Å². The highest BCUT2D eigenvalue weighted by atomic mass is 35.5. The number of rotatable bonds is 4. The van der Waals surface area contributed by atoms with Crippen molar-refractivity contribution in [2.45, 2.75) is 6.10 Å². The number of aromatic nitrogens is 1. The lowest BCUT2D eigenvalue weighted by Gasteiger charge is -2.25. The molecule has 5 nitrogen and oxygen atoms in total. The zero-order valence-corrected chi connectivity index (χ0v) is 17.5. The molecule has 9 heteroatoms. The molecule has 1 aliphatic rings. The van der Waals surface area contributed by atoms with E-state index in [1.807, 2.05) is 12.1 Å². The Morgan fingerprint density at radius 2 is 2.04 bits per heavy atom. The van der Waals surface area contributed by atoms with E-state index in [2.05, 4.69) is 15.6 Å². The fraction of sp³-hybridized carbons (Fsp3) is 0.333. The summed E-state index contributed by atoms with van der Waals surface area (Å²) in [5, 5.41) is 7.29. The third-order valence-electron chi connectivity index (χ3n) is 4.11. The smallest absolute Gasteiger partial charge is 0.269 e. The fourth-order valence-corrected chi connectivity index (χ4v) is 3.14. The molecule has 0 spiro atoms. The summed E-state index contributed by atoms with van der Waals surface area (Å²) in [6.45, 7) is 2.55. The van der Waals surface area contributed by atoms with Crippen LogP contribution < -0.4 is 10.6 Å². The molecule has 1 amide bonds. The topological polar surface area (TPSA) is 63.2 Å². The zero-order valence-electron chi connectivity index (χ0n) is 14.4. The Labute approximate surface area is 181 Å². The van der Waals surface area contributed by atoms with E-state index in [1.54, 1.807) is 30.5 Å². The Kier molecular flexibility index (Phi) is 10.4. The highest BCUT2D eigenvalue weighted by Crippen LogP contribution is 2.31. The highest BCUT2D eigenvalue weighted by Gasteiger charge is 2.27. The van der Waals surface area contributed by atoms with Gasteiger partial charge in [0.2, 0.25) is 0 Å². The number of amides is 1. The molecule has 0 saturated carbocycles. The van der Waals surface area contributed by atoms with Crippen molar-refractivity contribution in [3.63, 3.8) is 0 Å². The van der Waals surface area contributed by atoms with Crippen LogP contribution in [0.5, 0.6) is 0 Å². The van der Waals surface area contributed by atoms with E-state index >= 15 is 0 Å². The number of carbonyl (C=O) groups is 1. The third-order valence-corrected chi connectivity index (χ3v) is 4.84. The molecule has 148 valence electrons. The first-order valence-corrected chi connectivity index (χ1v) is 8.87. The normalized spacial score (nSPS) is 19.2. The molecule has 2 heterocycles. The summed E-state index contributed by atoms with van der Waals surface area (Å²) in [6.07, 6.45) is 1.43. The predicted octanol–water partition coefficient (Wildman–Crippen LogP) is 3.94. The monoisotopic (exact) mass is 451 g/mol. The molecule has 0 aliphatic carbocycles. The maximum Gasteiger partial charge on any atom is 0.269 e. The minimum atomic E-state index is -0.197. The zero-order chi connectivity index (χ0) is 17.6. The van der Waals surface area contributed by atoms with Gasteiger partial charge in [-0.25, -0.2) is 0 Å². The molecule has 0 radical (unpaired) electrons. The summed E-state index contributed by atoms with van der Waals surface area (Å²) in [5.41, 5.74) is 1.35. The number of nitrogens with one attached hydrogen (secondary N) is 2. The number of hydrogen-bond donors (Lipinski definition) is 2.